The average Bonchev–Trinajstić information content (AvgIpc) is 2.59. The summed E-state index contributed by atoms with van der Waals surface area (Å²) in [5.41, 5.74) is 1.24. The lowest BCUT2D eigenvalue weighted by Gasteiger charge is -2.26. The van der Waals surface area contributed by atoms with Crippen LogP contribution in [0.15, 0.2) is 30.5 Å². The van der Waals surface area contributed by atoms with Gasteiger partial charge in [-0.2, -0.15) is 12.6 Å². The summed E-state index contributed by atoms with van der Waals surface area (Å²) in [4.78, 5) is 18.0. The third-order valence-corrected chi connectivity index (χ3v) is 4.13. The number of aromatic nitrogens is 1. The minimum Gasteiger partial charge on any atom is -0.473 e. The molecule has 0 spiro atoms. The highest BCUT2D eigenvalue weighted by Gasteiger charge is 2.10. The summed E-state index contributed by atoms with van der Waals surface area (Å²) < 4.78 is 5.65. The summed E-state index contributed by atoms with van der Waals surface area (Å²) in [5, 5.41) is 2.79. The van der Waals surface area contributed by atoms with E-state index in [0.717, 1.165) is 6.54 Å². The number of thiol groups is 1. The fourth-order valence-corrected chi connectivity index (χ4v) is 2.85. The second-order valence-electron chi connectivity index (χ2n) is 5.90. The van der Waals surface area contributed by atoms with Crippen LogP contribution in [0.2, 0.25) is 0 Å². The first-order chi connectivity index (χ1) is 11.8. The predicted octanol–water partition coefficient (Wildman–Crippen LogP) is 2.44. The van der Waals surface area contributed by atoms with Crippen molar-refractivity contribution in [3.63, 3.8) is 0 Å². The van der Waals surface area contributed by atoms with Crippen LogP contribution in [0, 0.1) is 0 Å². The van der Waals surface area contributed by atoms with Gasteiger partial charge in [-0.25, -0.2) is 4.98 Å². The Hall–Kier alpha value is -1.53. The highest BCUT2D eigenvalue weighted by molar-refractivity contribution is 7.80. The van der Waals surface area contributed by atoms with Gasteiger partial charge in [0.1, 0.15) is 6.61 Å². The third kappa shape index (κ3) is 7.36. The van der Waals surface area contributed by atoms with Crippen molar-refractivity contribution in [2.45, 2.75) is 32.2 Å². The Labute approximate surface area is 149 Å². The lowest BCUT2D eigenvalue weighted by atomic mass is 10.1. The van der Waals surface area contributed by atoms with Crippen molar-refractivity contribution in [3.05, 3.63) is 36.0 Å². The van der Waals surface area contributed by atoms with Crippen molar-refractivity contribution in [3.8, 4) is 5.88 Å². The summed E-state index contributed by atoms with van der Waals surface area (Å²) in [6.45, 7) is 4.28. The number of carbonyl (C=O) groups excluding carboxylic acids is 1. The molecule has 1 fully saturated rings. The first-order valence-corrected chi connectivity index (χ1v) is 9.24. The summed E-state index contributed by atoms with van der Waals surface area (Å²) >= 11 is 4.02. The zero-order valence-electron chi connectivity index (χ0n) is 14.1. The van der Waals surface area contributed by atoms with Gasteiger partial charge in [-0.3, -0.25) is 9.69 Å². The Morgan fingerprint density at radius 2 is 2.17 bits per heavy atom. The number of hydrogen-bond acceptors (Lipinski definition) is 5. The summed E-state index contributed by atoms with van der Waals surface area (Å²) in [5.74, 6) is 1.23. The Morgan fingerprint density at radius 1 is 1.33 bits per heavy atom. The molecule has 6 heteroatoms. The van der Waals surface area contributed by atoms with Gasteiger partial charge in [0.05, 0.1) is 0 Å². The molecule has 0 saturated carbocycles. The van der Waals surface area contributed by atoms with E-state index >= 15 is 0 Å². The van der Waals surface area contributed by atoms with Crippen LogP contribution in [0.3, 0.4) is 0 Å². The van der Waals surface area contributed by atoms with Crippen molar-refractivity contribution in [2.24, 2.45) is 0 Å². The monoisotopic (exact) mass is 349 g/mol. The number of likely N-dealkylation sites (tertiary alicyclic amines) is 1. The zero-order chi connectivity index (χ0) is 17.0. The van der Waals surface area contributed by atoms with Crippen molar-refractivity contribution < 1.29 is 9.53 Å². The number of amides is 1. The zero-order valence-corrected chi connectivity index (χ0v) is 15.0. The van der Waals surface area contributed by atoms with Crippen molar-refractivity contribution >= 4 is 18.5 Å². The molecule has 132 valence electrons. The minimum atomic E-state index is 0.0163. The van der Waals surface area contributed by atoms with E-state index < -0.39 is 0 Å². The van der Waals surface area contributed by atoms with Crippen LogP contribution >= 0.6 is 12.6 Å². The molecule has 0 bridgehead atoms. The molecule has 1 aromatic heterocycles. The molecule has 1 aromatic rings. The Balaban J connectivity index is 1.68. The Morgan fingerprint density at radius 3 is 2.96 bits per heavy atom. The number of carbonyl (C=O) groups is 1. The maximum atomic E-state index is 11.3. The molecule has 1 N–H and O–H groups in total. The molecule has 0 unspecified atom stereocenters. The number of nitrogens with zero attached hydrogens (tertiary/aromatic N) is 2. The van der Waals surface area contributed by atoms with Gasteiger partial charge >= 0.3 is 0 Å². The highest BCUT2D eigenvalue weighted by atomic mass is 32.1. The molecule has 0 atom stereocenters. The molecule has 1 aliphatic heterocycles. The lowest BCUT2D eigenvalue weighted by Crippen LogP contribution is -2.29. The van der Waals surface area contributed by atoms with E-state index in [1.807, 2.05) is 24.3 Å². The largest absolute Gasteiger partial charge is 0.473 e. The molecule has 0 radical (unpaired) electrons. The number of ether oxygens (including phenoxy) is 1. The van der Waals surface area contributed by atoms with E-state index in [0.29, 0.717) is 31.2 Å². The maximum Gasteiger partial charge on any atom is 0.221 e. The molecule has 5 nitrogen and oxygen atoms in total. The quantitative estimate of drug-likeness (QED) is 0.531. The Kier molecular flexibility index (Phi) is 8.70. The van der Waals surface area contributed by atoms with Crippen LogP contribution in [-0.2, 0) is 11.3 Å². The van der Waals surface area contributed by atoms with E-state index in [-0.39, 0.29) is 5.91 Å². The van der Waals surface area contributed by atoms with Gasteiger partial charge in [0.2, 0.25) is 11.8 Å². The van der Waals surface area contributed by atoms with Gasteiger partial charge in [-0.15, -0.1) is 0 Å². The standard InChI is InChI=1S/C18H27N3O2S/c22-17(7-13-24)19-8-2-5-12-23-18-14-16(6-9-20-18)15-21-10-3-1-4-11-21/h2,5-6,9,14,24H,1,3-4,7-8,10-13,15H2,(H,19,22)/b5-2-. The van der Waals surface area contributed by atoms with Crippen LogP contribution in [0.1, 0.15) is 31.2 Å². The van der Waals surface area contributed by atoms with Gasteiger partial charge in [-0.05, 0) is 49.4 Å². The number of piperidine rings is 1. The fourth-order valence-electron chi connectivity index (χ4n) is 2.65. The van der Waals surface area contributed by atoms with Gasteiger partial charge in [0, 0.05) is 31.8 Å². The van der Waals surface area contributed by atoms with Gasteiger partial charge < -0.3 is 10.1 Å². The average molecular weight is 350 g/mol. The maximum absolute atomic E-state index is 11.3. The molecule has 2 heterocycles. The molecular weight excluding hydrogens is 322 g/mol. The van der Waals surface area contributed by atoms with E-state index in [2.05, 4.69) is 27.8 Å². The van der Waals surface area contributed by atoms with Crippen LogP contribution in [-0.4, -0.2) is 47.8 Å². The second-order valence-corrected chi connectivity index (χ2v) is 6.35. The van der Waals surface area contributed by atoms with Crippen LogP contribution in [0.25, 0.3) is 0 Å². The van der Waals surface area contributed by atoms with Gasteiger partial charge in [-0.1, -0.05) is 12.5 Å². The van der Waals surface area contributed by atoms with Crippen molar-refractivity contribution in [1.29, 1.82) is 0 Å². The molecule has 1 amide bonds. The number of pyridine rings is 1. The number of nitrogens with one attached hydrogen (secondary N) is 1. The first-order valence-electron chi connectivity index (χ1n) is 8.60. The number of hydrogen-bond donors (Lipinski definition) is 2. The van der Waals surface area contributed by atoms with Crippen LogP contribution in [0.5, 0.6) is 5.88 Å². The molecule has 0 aromatic carbocycles. The molecular formula is C18H27N3O2S. The normalized spacial score (nSPS) is 15.5. The van der Waals surface area contributed by atoms with E-state index in [1.165, 1.54) is 37.9 Å². The van der Waals surface area contributed by atoms with Crippen LogP contribution < -0.4 is 10.1 Å². The second kappa shape index (κ2) is 11.1. The third-order valence-electron chi connectivity index (χ3n) is 3.90. The summed E-state index contributed by atoms with van der Waals surface area (Å²) in [7, 11) is 0. The predicted molar refractivity (Wildman–Crippen MR) is 99.5 cm³/mol. The molecule has 1 saturated heterocycles. The smallest absolute Gasteiger partial charge is 0.221 e. The van der Waals surface area contributed by atoms with E-state index in [1.54, 1.807) is 6.20 Å². The van der Waals surface area contributed by atoms with E-state index in [9.17, 15) is 4.79 Å². The van der Waals surface area contributed by atoms with E-state index in [4.69, 9.17) is 4.74 Å². The lowest BCUT2D eigenvalue weighted by molar-refractivity contribution is -0.120. The first kappa shape index (κ1) is 18.8. The Bertz CT molecular complexity index is 531. The van der Waals surface area contributed by atoms with Crippen molar-refractivity contribution in [1.82, 2.24) is 15.2 Å². The highest BCUT2D eigenvalue weighted by Crippen LogP contribution is 2.15. The van der Waals surface area contributed by atoms with Gasteiger partial charge in [0.15, 0.2) is 0 Å². The van der Waals surface area contributed by atoms with Crippen molar-refractivity contribution in [2.75, 3.05) is 32.0 Å². The molecule has 2 rings (SSSR count). The molecule has 1 aliphatic rings. The summed E-state index contributed by atoms with van der Waals surface area (Å²) in [6, 6.07) is 4.06. The van der Waals surface area contributed by atoms with Gasteiger partial charge in [0.25, 0.3) is 0 Å². The topological polar surface area (TPSA) is 54.5 Å². The molecule has 24 heavy (non-hydrogen) atoms. The molecule has 0 aliphatic carbocycles. The number of rotatable bonds is 9. The van der Waals surface area contributed by atoms with Crippen LogP contribution in [0.4, 0.5) is 0 Å². The minimum absolute atomic E-state index is 0.0163. The summed E-state index contributed by atoms with van der Waals surface area (Å²) in [6.07, 6.45) is 9.96. The fraction of sp³-hybridized carbons (Fsp3) is 0.556. The SMILES string of the molecule is O=C(CCS)NC/C=C\COc1cc(CN2CCCCC2)ccn1.